The van der Waals surface area contributed by atoms with Crippen LogP contribution in [-0.2, 0) is 16.0 Å². The van der Waals surface area contributed by atoms with E-state index < -0.39 is 0 Å². The number of ether oxygens (including phenoxy) is 1. The van der Waals surface area contributed by atoms with Gasteiger partial charge >= 0.3 is 0 Å². The molecule has 2 nitrogen and oxygen atoms in total. The van der Waals surface area contributed by atoms with E-state index in [0.29, 0.717) is 6.42 Å². The Morgan fingerprint density at radius 3 is 3.07 bits per heavy atom. The molecule has 72 valence electrons. The topological polar surface area (TPSA) is 26.3 Å². The van der Waals surface area contributed by atoms with Crippen LogP contribution in [0.1, 0.15) is 30.1 Å². The van der Waals surface area contributed by atoms with Crippen molar-refractivity contribution in [2.45, 2.75) is 31.5 Å². The minimum atomic E-state index is -0.265. The first-order valence-electron chi connectivity index (χ1n) is 5.10. The average molecular weight is 188 g/mol. The number of hydrogen-bond donors (Lipinski definition) is 0. The second-order valence-electron chi connectivity index (χ2n) is 4.05. The molecule has 1 fully saturated rings. The molecule has 0 radical (unpaired) electrons. The second-order valence-corrected chi connectivity index (χ2v) is 4.05. The van der Waals surface area contributed by atoms with Crippen molar-refractivity contribution in [1.82, 2.24) is 0 Å². The summed E-state index contributed by atoms with van der Waals surface area (Å²) in [6, 6.07) is 8.13. The summed E-state index contributed by atoms with van der Waals surface area (Å²) in [5.41, 5.74) is 2.38. The Hall–Kier alpha value is -1.15. The molecular weight excluding hydrogens is 176 g/mol. The molecule has 3 rings (SSSR count). The standard InChI is InChI=1S/C12H12O2/c13-11-6-5-9-7-8-3-1-2-4-10(8)12(11)14-9/h1-4,9,12H,5-7H2/t9-,12-/m1/s1. The minimum Gasteiger partial charge on any atom is -0.362 e. The van der Waals surface area contributed by atoms with E-state index in [1.54, 1.807) is 0 Å². The van der Waals surface area contributed by atoms with E-state index in [2.05, 4.69) is 6.07 Å². The normalized spacial score (nSPS) is 29.9. The molecular formula is C12H12O2. The Balaban J connectivity index is 2.10. The predicted octanol–water partition coefficient (Wildman–Crippen LogP) is 2.03. The van der Waals surface area contributed by atoms with Crippen LogP contribution in [0.25, 0.3) is 0 Å². The third-order valence-electron chi connectivity index (χ3n) is 3.12. The van der Waals surface area contributed by atoms with Crippen molar-refractivity contribution in [3.63, 3.8) is 0 Å². The van der Waals surface area contributed by atoms with Crippen LogP contribution in [0.3, 0.4) is 0 Å². The van der Waals surface area contributed by atoms with E-state index >= 15 is 0 Å². The first-order valence-corrected chi connectivity index (χ1v) is 5.10. The Bertz CT molecular complexity index is 384. The molecule has 0 aromatic heterocycles. The lowest BCUT2D eigenvalue weighted by Gasteiger charge is -2.35. The Morgan fingerprint density at radius 2 is 2.14 bits per heavy atom. The SMILES string of the molecule is O=C1CC[C@@H]2Cc3ccccc3[C@H]1O2. The summed E-state index contributed by atoms with van der Waals surface area (Å²) in [5.74, 6) is 0.244. The van der Waals surface area contributed by atoms with Crippen LogP contribution in [0.5, 0.6) is 0 Å². The third kappa shape index (κ3) is 1.11. The number of Topliss-reactive ketones (excluding diaryl/α,β-unsaturated/α-hetero) is 1. The number of carbonyl (C=O) groups excluding carboxylic acids is 1. The zero-order valence-electron chi connectivity index (χ0n) is 7.90. The summed E-state index contributed by atoms with van der Waals surface area (Å²) in [4.78, 5) is 11.6. The van der Waals surface area contributed by atoms with Crippen molar-refractivity contribution >= 4 is 5.78 Å². The molecule has 1 aromatic carbocycles. The van der Waals surface area contributed by atoms with Crippen LogP contribution in [0.15, 0.2) is 24.3 Å². The molecule has 2 aliphatic heterocycles. The highest BCUT2D eigenvalue weighted by Crippen LogP contribution is 2.36. The summed E-state index contributed by atoms with van der Waals surface area (Å²) in [6.07, 6.45) is 2.55. The molecule has 0 saturated carbocycles. The molecule has 14 heavy (non-hydrogen) atoms. The zero-order valence-corrected chi connectivity index (χ0v) is 7.90. The monoisotopic (exact) mass is 188 g/mol. The van der Waals surface area contributed by atoms with E-state index in [0.717, 1.165) is 18.4 Å². The quantitative estimate of drug-likeness (QED) is 0.622. The zero-order chi connectivity index (χ0) is 9.54. The molecule has 2 bridgehead atoms. The van der Waals surface area contributed by atoms with Crippen molar-refractivity contribution < 1.29 is 9.53 Å². The smallest absolute Gasteiger partial charge is 0.166 e. The Labute approximate surface area is 82.9 Å². The molecule has 2 aliphatic rings. The van der Waals surface area contributed by atoms with Gasteiger partial charge in [-0.15, -0.1) is 0 Å². The van der Waals surface area contributed by atoms with Gasteiger partial charge in [-0.05, 0) is 24.0 Å². The van der Waals surface area contributed by atoms with Gasteiger partial charge in [0.1, 0.15) is 6.10 Å². The fraction of sp³-hybridized carbons (Fsp3) is 0.417. The molecule has 0 aliphatic carbocycles. The Kier molecular flexibility index (Phi) is 1.71. The van der Waals surface area contributed by atoms with Crippen LogP contribution < -0.4 is 0 Å². The van der Waals surface area contributed by atoms with Gasteiger partial charge in [0.05, 0.1) is 6.10 Å². The molecule has 0 N–H and O–H groups in total. The van der Waals surface area contributed by atoms with Crippen LogP contribution in [-0.4, -0.2) is 11.9 Å². The first kappa shape index (κ1) is 8.18. The fourth-order valence-corrected chi connectivity index (χ4v) is 2.39. The lowest BCUT2D eigenvalue weighted by Crippen LogP contribution is -2.35. The maximum absolute atomic E-state index is 11.6. The summed E-state index contributed by atoms with van der Waals surface area (Å²) in [5, 5.41) is 0. The van der Waals surface area contributed by atoms with Crippen LogP contribution in [0.2, 0.25) is 0 Å². The van der Waals surface area contributed by atoms with E-state index in [1.807, 2.05) is 18.2 Å². The van der Waals surface area contributed by atoms with Crippen molar-refractivity contribution in [2.24, 2.45) is 0 Å². The van der Waals surface area contributed by atoms with Crippen molar-refractivity contribution in [2.75, 3.05) is 0 Å². The number of ketones is 1. The van der Waals surface area contributed by atoms with E-state index in [4.69, 9.17) is 4.74 Å². The van der Waals surface area contributed by atoms with Crippen molar-refractivity contribution in [1.29, 1.82) is 0 Å². The van der Waals surface area contributed by atoms with Crippen LogP contribution in [0.4, 0.5) is 0 Å². The largest absolute Gasteiger partial charge is 0.362 e. The number of fused-ring (bicyclic) bond motifs is 4. The van der Waals surface area contributed by atoms with Gasteiger partial charge < -0.3 is 4.74 Å². The highest BCUT2D eigenvalue weighted by molar-refractivity contribution is 5.85. The molecule has 0 unspecified atom stereocenters. The van der Waals surface area contributed by atoms with E-state index in [9.17, 15) is 4.79 Å². The highest BCUT2D eigenvalue weighted by Gasteiger charge is 2.35. The summed E-state index contributed by atoms with van der Waals surface area (Å²) in [7, 11) is 0. The van der Waals surface area contributed by atoms with Crippen LogP contribution >= 0.6 is 0 Å². The van der Waals surface area contributed by atoms with Crippen molar-refractivity contribution in [3.05, 3.63) is 35.4 Å². The summed E-state index contributed by atoms with van der Waals surface area (Å²) >= 11 is 0. The number of carbonyl (C=O) groups is 1. The van der Waals surface area contributed by atoms with Gasteiger partial charge in [-0.25, -0.2) is 0 Å². The number of benzene rings is 1. The molecule has 1 aromatic rings. The van der Waals surface area contributed by atoms with Gasteiger partial charge in [-0.3, -0.25) is 4.79 Å². The number of hydrogen-bond acceptors (Lipinski definition) is 2. The molecule has 2 heterocycles. The van der Waals surface area contributed by atoms with Crippen LogP contribution in [0, 0.1) is 0 Å². The van der Waals surface area contributed by atoms with Gasteiger partial charge in [0.2, 0.25) is 0 Å². The predicted molar refractivity (Wildman–Crippen MR) is 52.0 cm³/mol. The molecule has 0 amide bonds. The van der Waals surface area contributed by atoms with Gasteiger partial charge in [0.15, 0.2) is 5.78 Å². The lowest BCUT2D eigenvalue weighted by atomic mass is 9.85. The average Bonchev–Trinajstić information content (AvgIpc) is 2.23. The lowest BCUT2D eigenvalue weighted by molar-refractivity contribution is -0.145. The van der Waals surface area contributed by atoms with Gasteiger partial charge in [-0.1, -0.05) is 24.3 Å². The van der Waals surface area contributed by atoms with E-state index in [-0.39, 0.29) is 18.0 Å². The molecule has 1 saturated heterocycles. The number of rotatable bonds is 0. The van der Waals surface area contributed by atoms with Gasteiger partial charge in [0, 0.05) is 6.42 Å². The summed E-state index contributed by atoms with van der Waals surface area (Å²) in [6.45, 7) is 0. The van der Waals surface area contributed by atoms with Gasteiger partial charge in [0.25, 0.3) is 0 Å². The maximum atomic E-state index is 11.6. The summed E-state index contributed by atoms with van der Waals surface area (Å²) < 4.78 is 5.71. The Morgan fingerprint density at radius 1 is 1.29 bits per heavy atom. The van der Waals surface area contributed by atoms with Crippen molar-refractivity contribution in [3.8, 4) is 0 Å². The molecule has 0 spiro atoms. The first-order chi connectivity index (χ1) is 6.84. The highest BCUT2D eigenvalue weighted by atomic mass is 16.5. The van der Waals surface area contributed by atoms with Gasteiger partial charge in [-0.2, -0.15) is 0 Å². The maximum Gasteiger partial charge on any atom is 0.166 e. The molecule has 2 atom stereocenters. The third-order valence-corrected chi connectivity index (χ3v) is 3.12. The van der Waals surface area contributed by atoms with E-state index in [1.165, 1.54) is 5.56 Å². The second kappa shape index (κ2) is 2.92. The fourth-order valence-electron chi connectivity index (χ4n) is 2.39. The molecule has 2 heteroatoms. The minimum absolute atomic E-state index is 0.244.